The molecule has 5 heteroatoms. The van der Waals surface area contributed by atoms with Crippen LogP contribution in [0.5, 0.6) is 5.75 Å². The lowest BCUT2D eigenvalue weighted by atomic mass is 10.2. The van der Waals surface area contributed by atoms with E-state index in [0.29, 0.717) is 19.0 Å². The molecule has 0 aliphatic heterocycles. The van der Waals surface area contributed by atoms with Gasteiger partial charge in [-0.05, 0) is 32.0 Å². The first-order valence-corrected chi connectivity index (χ1v) is 6.18. The molecule has 96 valence electrons. The summed E-state index contributed by atoms with van der Waals surface area (Å²) in [6.45, 7) is 3.28. The number of aryl methyl sites for hydroxylation is 1. The molecular formula is C13H18N4O. The number of nitrogens with two attached hydrogens (primary N) is 1. The van der Waals surface area contributed by atoms with Crippen LogP contribution in [0.3, 0.4) is 0 Å². The second-order valence-electron chi connectivity index (χ2n) is 3.96. The van der Waals surface area contributed by atoms with Gasteiger partial charge in [-0.15, -0.1) is 0 Å². The minimum Gasteiger partial charge on any atom is -0.494 e. The molecule has 0 saturated heterocycles. The molecule has 0 amide bonds. The predicted octanol–water partition coefficient (Wildman–Crippen LogP) is 1.76. The minimum absolute atomic E-state index is 0.652. The number of H-pyrrole nitrogens is 1. The fourth-order valence-corrected chi connectivity index (χ4v) is 1.70. The molecule has 2 aromatic rings. The number of nitrogens with zero attached hydrogens (tertiary/aromatic N) is 2. The van der Waals surface area contributed by atoms with E-state index < -0.39 is 0 Å². The van der Waals surface area contributed by atoms with Crippen LogP contribution in [-0.2, 0) is 6.42 Å². The maximum Gasteiger partial charge on any atom is 0.181 e. The van der Waals surface area contributed by atoms with Gasteiger partial charge in [0.05, 0.1) is 6.61 Å². The van der Waals surface area contributed by atoms with Crippen molar-refractivity contribution in [1.29, 1.82) is 0 Å². The van der Waals surface area contributed by atoms with Crippen molar-refractivity contribution >= 4 is 0 Å². The Morgan fingerprint density at radius 3 is 3.06 bits per heavy atom. The highest BCUT2D eigenvalue weighted by molar-refractivity contribution is 5.57. The van der Waals surface area contributed by atoms with Crippen molar-refractivity contribution in [2.24, 2.45) is 5.73 Å². The van der Waals surface area contributed by atoms with E-state index >= 15 is 0 Å². The third-order valence-corrected chi connectivity index (χ3v) is 2.55. The van der Waals surface area contributed by atoms with Crippen molar-refractivity contribution in [2.45, 2.75) is 19.8 Å². The monoisotopic (exact) mass is 246 g/mol. The van der Waals surface area contributed by atoms with Gasteiger partial charge in [-0.25, -0.2) is 4.98 Å². The van der Waals surface area contributed by atoms with Gasteiger partial charge in [0.15, 0.2) is 5.82 Å². The third-order valence-electron chi connectivity index (χ3n) is 2.55. The first-order chi connectivity index (χ1) is 8.83. The number of hydrogen-bond donors (Lipinski definition) is 2. The molecule has 1 heterocycles. The maximum atomic E-state index is 5.47. The van der Waals surface area contributed by atoms with Gasteiger partial charge in [0.2, 0.25) is 0 Å². The lowest BCUT2D eigenvalue weighted by Crippen LogP contribution is -2.01. The summed E-state index contributed by atoms with van der Waals surface area (Å²) in [7, 11) is 0. The minimum atomic E-state index is 0.652. The molecule has 5 nitrogen and oxygen atoms in total. The van der Waals surface area contributed by atoms with E-state index in [1.54, 1.807) is 0 Å². The number of rotatable bonds is 6. The summed E-state index contributed by atoms with van der Waals surface area (Å²) in [5, 5.41) is 7.14. The lowest BCUT2D eigenvalue weighted by Gasteiger charge is -2.03. The molecule has 0 aliphatic carbocycles. The summed E-state index contributed by atoms with van der Waals surface area (Å²) >= 11 is 0. The van der Waals surface area contributed by atoms with Gasteiger partial charge in [-0.1, -0.05) is 12.1 Å². The van der Waals surface area contributed by atoms with Gasteiger partial charge in [-0.2, -0.15) is 5.10 Å². The molecule has 0 spiro atoms. The molecule has 3 N–H and O–H groups in total. The number of benzene rings is 1. The fourth-order valence-electron chi connectivity index (χ4n) is 1.70. The molecule has 1 aromatic carbocycles. The van der Waals surface area contributed by atoms with E-state index in [9.17, 15) is 0 Å². The molecule has 0 unspecified atom stereocenters. The average Bonchev–Trinajstić information content (AvgIpc) is 2.86. The Kier molecular flexibility index (Phi) is 4.30. The van der Waals surface area contributed by atoms with Crippen LogP contribution >= 0.6 is 0 Å². The molecule has 1 aromatic heterocycles. The van der Waals surface area contributed by atoms with E-state index in [1.165, 1.54) is 0 Å². The topological polar surface area (TPSA) is 76.8 Å². The predicted molar refractivity (Wildman–Crippen MR) is 70.4 cm³/mol. The largest absolute Gasteiger partial charge is 0.494 e. The Morgan fingerprint density at radius 2 is 2.28 bits per heavy atom. The summed E-state index contributed by atoms with van der Waals surface area (Å²) in [6, 6.07) is 7.78. The number of aromatic amines is 1. The molecule has 18 heavy (non-hydrogen) atoms. The molecular weight excluding hydrogens is 228 g/mol. The van der Waals surface area contributed by atoms with Crippen LogP contribution in [0.2, 0.25) is 0 Å². The first kappa shape index (κ1) is 12.6. The fraction of sp³-hybridized carbons (Fsp3) is 0.385. The number of aromatic nitrogens is 3. The molecule has 0 atom stereocenters. The smallest absolute Gasteiger partial charge is 0.181 e. The zero-order valence-corrected chi connectivity index (χ0v) is 10.5. The van der Waals surface area contributed by atoms with Crippen molar-refractivity contribution < 1.29 is 4.74 Å². The van der Waals surface area contributed by atoms with E-state index in [2.05, 4.69) is 15.2 Å². The number of hydrogen-bond acceptors (Lipinski definition) is 4. The quantitative estimate of drug-likeness (QED) is 0.814. The van der Waals surface area contributed by atoms with Crippen LogP contribution in [0.15, 0.2) is 24.3 Å². The second-order valence-corrected chi connectivity index (χ2v) is 3.96. The Balaban J connectivity index is 2.15. The van der Waals surface area contributed by atoms with E-state index in [-0.39, 0.29) is 0 Å². The molecule has 0 aliphatic rings. The normalized spacial score (nSPS) is 10.6. The highest BCUT2D eigenvalue weighted by atomic mass is 16.5. The van der Waals surface area contributed by atoms with Crippen molar-refractivity contribution in [1.82, 2.24) is 15.2 Å². The Hall–Kier alpha value is -1.88. The highest BCUT2D eigenvalue weighted by Crippen LogP contribution is 2.20. The Bertz CT molecular complexity index is 495. The van der Waals surface area contributed by atoms with Crippen molar-refractivity contribution in [3.8, 4) is 17.1 Å². The lowest BCUT2D eigenvalue weighted by molar-refractivity contribution is 0.340. The molecule has 0 bridgehead atoms. The van der Waals surface area contributed by atoms with Crippen LogP contribution in [0.4, 0.5) is 0 Å². The number of ether oxygens (including phenoxy) is 1. The highest BCUT2D eigenvalue weighted by Gasteiger charge is 2.06. The van der Waals surface area contributed by atoms with Crippen molar-refractivity contribution in [2.75, 3.05) is 13.2 Å². The molecule has 0 fully saturated rings. The maximum absolute atomic E-state index is 5.47. The third kappa shape index (κ3) is 3.07. The van der Waals surface area contributed by atoms with E-state index in [0.717, 1.165) is 30.0 Å². The van der Waals surface area contributed by atoms with Crippen molar-refractivity contribution in [3.63, 3.8) is 0 Å². The summed E-state index contributed by atoms with van der Waals surface area (Å²) in [5.74, 6) is 2.41. The molecule has 0 saturated carbocycles. The Morgan fingerprint density at radius 1 is 1.39 bits per heavy atom. The zero-order chi connectivity index (χ0) is 12.8. The van der Waals surface area contributed by atoms with Crippen molar-refractivity contribution in [3.05, 3.63) is 30.1 Å². The van der Waals surface area contributed by atoms with E-state index in [1.807, 2.05) is 31.2 Å². The summed E-state index contributed by atoms with van der Waals surface area (Å²) in [6.07, 6.45) is 1.74. The van der Waals surface area contributed by atoms with Crippen LogP contribution in [0, 0.1) is 0 Å². The zero-order valence-electron chi connectivity index (χ0n) is 10.5. The van der Waals surface area contributed by atoms with Crippen LogP contribution in [-0.4, -0.2) is 28.3 Å². The standard InChI is InChI=1S/C13H18N4O/c1-2-18-11-6-3-5-10(9-11)13-15-12(16-17-13)7-4-8-14/h3,5-6,9H,2,4,7-8,14H2,1H3,(H,15,16,17). The summed E-state index contributed by atoms with van der Waals surface area (Å²) in [5.41, 5.74) is 6.42. The van der Waals surface area contributed by atoms with Crippen LogP contribution in [0.25, 0.3) is 11.4 Å². The van der Waals surface area contributed by atoms with Crippen LogP contribution in [0.1, 0.15) is 19.2 Å². The first-order valence-electron chi connectivity index (χ1n) is 6.18. The van der Waals surface area contributed by atoms with Gasteiger partial charge >= 0.3 is 0 Å². The SMILES string of the molecule is CCOc1cccc(-c2n[nH]c(CCCN)n2)c1. The van der Waals surface area contributed by atoms with Gasteiger partial charge in [-0.3, -0.25) is 5.10 Å². The van der Waals surface area contributed by atoms with Gasteiger partial charge in [0.25, 0.3) is 0 Å². The van der Waals surface area contributed by atoms with Gasteiger partial charge in [0.1, 0.15) is 11.6 Å². The number of nitrogens with one attached hydrogen (secondary N) is 1. The van der Waals surface area contributed by atoms with Gasteiger partial charge < -0.3 is 10.5 Å². The van der Waals surface area contributed by atoms with Gasteiger partial charge in [0, 0.05) is 12.0 Å². The summed E-state index contributed by atoms with van der Waals surface area (Å²) in [4.78, 5) is 4.44. The Labute approximate surface area is 106 Å². The average molecular weight is 246 g/mol. The molecule has 0 radical (unpaired) electrons. The molecule has 2 rings (SSSR count). The second kappa shape index (κ2) is 6.16. The van der Waals surface area contributed by atoms with E-state index in [4.69, 9.17) is 10.5 Å². The van der Waals surface area contributed by atoms with Crippen LogP contribution < -0.4 is 10.5 Å². The summed E-state index contributed by atoms with van der Waals surface area (Å²) < 4.78 is 5.46.